The Labute approximate surface area is 154 Å². The van der Waals surface area contributed by atoms with Crippen LogP contribution >= 0.6 is 15.9 Å². The number of carbonyl (C=O) groups is 3. The van der Waals surface area contributed by atoms with Crippen LogP contribution in [0.15, 0.2) is 53.0 Å². The molecule has 2 aromatic rings. The topological polar surface area (TPSA) is 66.5 Å². The number of hydrogen-bond donors (Lipinski definition) is 1. The monoisotopic (exact) mass is 400 g/mol. The Bertz CT molecular complexity index is 850. The lowest BCUT2D eigenvalue weighted by Gasteiger charge is -2.27. The molecule has 3 amide bonds. The molecule has 0 unspecified atom stereocenters. The molecule has 128 valence electrons. The summed E-state index contributed by atoms with van der Waals surface area (Å²) in [4.78, 5) is 38.1. The number of carbonyl (C=O) groups excluding carboxylic acids is 3. The Balaban J connectivity index is 1.70. The molecule has 0 bridgehead atoms. The zero-order chi connectivity index (χ0) is 18.0. The van der Waals surface area contributed by atoms with Crippen LogP contribution in [0.4, 0.5) is 0 Å². The van der Waals surface area contributed by atoms with E-state index < -0.39 is 5.91 Å². The van der Waals surface area contributed by atoms with E-state index in [0.29, 0.717) is 11.1 Å². The molecule has 0 saturated carbocycles. The largest absolute Gasteiger partial charge is 0.348 e. The van der Waals surface area contributed by atoms with Gasteiger partial charge in [-0.25, -0.2) is 0 Å². The zero-order valence-corrected chi connectivity index (χ0v) is 15.2. The van der Waals surface area contributed by atoms with E-state index in [-0.39, 0.29) is 30.8 Å². The van der Waals surface area contributed by atoms with E-state index in [1.165, 1.54) is 0 Å². The fourth-order valence-electron chi connectivity index (χ4n) is 2.89. The fraction of sp³-hybridized carbons (Fsp3) is 0.211. The third-order valence-corrected chi connectivity index (χ3v) is 4.91. The molecule has 1 N–H and O–H groups in total. The molecule has 1 heterocycles. The average Bonchev–Trinajstić information content (AvgIpc) is 2.59. The van der Waals surface area contributed by atoms with Gasteiger partial charge in [-0.05, 0) is 30.2 Å². The van der Waals surface area contributed by atoms with Gasteiger partial charge in [0.15, 0.2) is 0 Å². The molecule has 1 aliphatic heterocycles. The Kier molecular flexibility index (Phi) is 4.99. The van der Waals surface area contributed by atoms with Crippen molar-refractivity contribution >= 4 is 33.7 Å². The average molecular weight is 401 g/mol. The van der Waals surface area contributed by atoms with Crippen molar-refractivity contribution in [1.29, 1.82) is 0 Å². The number of fused-ring (bicyclic) bond motifs is 1. The molecular weight excluding hydrogens is 384 g/mol. The minimum absolute atomic E-state index is 0.134. The summed E-state index contributed by atoms with van der Waals surface area (Å²) in [5.41, 5.74) is 2.11. The summed E-state index contributed by atoms with van der Waals surface area (Å²) in [6.07, 6.45) is 0.134. The van der Waals surface area contributed by atoms with Crippen molar-refractivity contribution < 1.29 is 14.4 Å². The quantitative estimate of drug-likeness (QED) is 0.802. The standard InChI is InChI=1S/C19H17BrN2O3/c1-12(14-7-4-5-9-16(14)20)21-17(23)11-22-18(24)10-13-6-2-3-8-15(13)19(22)25/h2-9,12H,10-11H2,1H3,(H,21,23)/t12-/m0/s1. The summed E-state index contributed by atoms with van der Waals surface area (Å²) >= 11 is 3.45. The van der Waals surface area contributed by atoms with Crippen LogP contribution in [0.25, 0.3) is 0 Å². The molecule has 5 nitrogen and oxygen atoms in total. The maximum absolute atomic E-state index is 12.5. The summed E-state index contributed by atoms with van der Waals surface area (Å²) in [7, 11) is 0. The van der Waals surface area contributed by atoms with Gasteiger partial charge in [0.25, 0.3) is 5.91 Å². The van der Waals surface area contributed by atoms with Crippen molar-refractivity contribution in [2.75, 3.05) is 6.54 Å². The highest BCUT2D eigenvalue weighted by Crippen LogP contribution is 2.23. The molecule has 2 aromatic carbocycles. The van der Waals surface area contributed by atoms with Gasteiger partial charge in [-0.15, -0.1) is 0 Å². The van der Waals surface area contributed by atoms with Gasteiger partial charge >= 0.3 is 0 Å². The first-order chi connectivity index (χ1) is 12.0. The van der Waals surface area contributed by atoms with E-state index in [1.54, 1.807) is 24.3 Å². The van der Waals surface area contributed by atoms with Crippen molar-refractivity contribution in [3.8, 4) is 0 Å². The number of halogens is 1. The highest BCUT2D eigenvalue weighted by Gasteiger charge is 2.32. The summed E-state index contributed by atoms with van der Waals surface area (Å²) in [6, 6.07) is 14.3. The van der Waals surface area contributed by atoms with Gasteiger partial charge in [0.2, 0.25) is 11.8 Å². The SMILES string of the molecule is C[C@H](NC(=O)CN1C(=O)Cc2ccccc2C1=O)c1ccccc1Br. The second kappa shape index (κ2) is 7.19. The number of benzene rings is 2. The van der Waals surface area contributed by atoms with Gasteiger partial charge in [-0.1, -0.05) is 52.3 Å². The van der Waals surface area contributed by atoms with Crippen LogP contribution in [0.5, 0.6) is 0 Å². The smallest absolute Gasteiger partial charge is 0.261 e. The molecule has 0 radical (unpaired) electrons. The van der Waals surface area contributed by atoms with Crippen LogP contribution in [-0.2, 0) is 16.0 Å². The van der Waals surface area contributed by atoms with Crippen LogP contribution in [0.2, 0.25) is 0 Å². The van der Waals surface area contributed by atoms with Gasteiger partial charge in [-0.2, -0.15) is 0 Å². The number of nitrogens with zero attached hydrogens (tertiary/aromatic N) is 1. The number of amides is 3. The van der Waals surface area contributed by atoms with E-state index in [9.17, 15) is 14.4 Å². The van der Waals surface area contributed by atoms with Crippen molar-refractivity contribution in [3.05, 3.63) is 69.7 Å². The van der Waals surface area contributed by atoms with E-state index in [0.717, 1.165) is 14.9 Å². The lowest BCUT2D eigenvalue weighted by Crippen LogP contribution is -2.47. The van der Waals surface area contributed by atoms with E-state index in [2.05, 4.69) is 21.2 Å². The van der Waals surface area contributed by atoms with Gasteiger partial charge in [-0.3, -0.25) is 19.3 Å². The highest BCUT2D eigenvalue weighted by atomic mass is 79.9. The molecular formula is C19H17BrN2O3. The molecule has 0 fully saturated rings. The summed E-state index contributed by atoms with van der Waals surface area (Å²) in [6.45, 7) is 1.58. The molecule has 0 spiro atoms. The minimum atomic E-state index is -0.421. The van der Waals surface area contributed by atoms with Gasteiger partial charge in [0, 0.05) is 10.0 Å². The van der Waals surface area contributed by atoms with Crippen LogP contribution in [-0.4, -0.2) is 29.2 Å². The molecule has 25 heavy (non-hydrogen) atoms. The third kappa shape index (κ3) is 3.64. The van der Waals surface area contributed by atoms with E-state index >= 15 is 0 Å². The molecule has 0 aliphatic carbocycles. The Morgan fingerprint density at radius 1 is 1.16 bits per heavy atom. The number of nitrogens with one attached hydrogen (secondary N) is 1. The lowest BCUT2D eigenvalue weighted by molar-refractivity contribution is -0.133. The first kappa shape index (κ1) is 17.4. The molecule has 0 aromatic heterocycles. The molecule has 3 rings (SSSR count). The lowest BCUT2D eigenvalue weighted by atomic mass is 9.98. The molecule has 0 saturated heterocycles. The van der Waals surface area contributed by atoms with Crippen molar-refractivity contribution in [1.82, 2.24) is 10.2 Å². The third-order valence-electron chi connectivity index (χ3n) is 4.19. The molecule has 1 atom stereocenters. The predicted octanol–water partition coefficient (Wildman–Crippen LogP) is 2.85. The minimum Gasteiger partial charge on any atom is -0.348 e. The summed E-state index contributed by atoms with van der Waals surface area (Å²) in [5.74, 6) is -1.15. The number of hydrogen-bond acceptors (Lipinski definition) is 3. The van der Waals surface area contributed by atoms with Crippen LogP contribution in [0.1, 0.15) is 34.5 Å². The molecule has 6 heteroatoms. The Morgan fingerprint density at radius 3 is 2.60 bits per heavy atom. The van der Waals surface area contributed by atoms with Gasteiger partial charge in [0.05, 0.1) is 12.5 Å². The van der Waals surface area contributed by atoms with Gasteiger partial charge in [0.1, 0.15) is 6.54 Å². The molecule has 1 aliphatic rings. The van der Waals surface area contributed by atoms with Crippen LogP contribution in [0, 0.1) is 0 Å². The van der Waals surface area contributed by atoms with E-state index in [4.69, 9.17) is 0 Å². The summed E-state index contributed by atoms with van der Waals surface area (Å²) in [5, 5.41) is 2.83. The van der Waals surface area contributed by atoms with Crippen molar-refractivity contribution in [2.45, 2.75) is 19.4 Å². The normalized spacial score (nSPS) is 14.9. The van der Waals surface area contributed by atoms with Crippen LogP contribution < -0.4 is 5.32 Å². The predicted molar refractivity (Wildman–Crippen MR) is 96.9 cm³/mol. The summed E-state index contributed by atoms with van der Waals surface area (Å²) < 4.78 is 0.891. The Hall–Kier alpha value is -2.47. The fourth-order valence-corrected chi connectivity index (χ4v) is 3.52. The Morgan fingerprint density at radius 2 is 1.84 bits per heavy atom. The zero-order valence-electron chi connectivity index (χ0n) is 13.7. The van der Waals surface area contributed by atoms with Crippen molar-refractivity contribution in [3.63, 3.8) is 0 Å². The second-order valence-electron chi connectivity index (χ2n) is 5.93. The highest BCUT2D eigenvalue weighted by molar-refractivity contribution is 9.10. The van der Waals surface area contributed by atoms with E-state index in [1.807, 2.05) is 31.2 Å². The first-order valence-corrected chi connectivity index (χ1v) is 8.73. The van der Waals surface area contributed by atoms with Crippen LogP contribution in [0.3, 0.4) is 0 Å². The first-order valence-electron chi connectivity index (χ1n) is 7.93. The number of rotatable bonds is 4. The maximum atomic E-state index is 12.5. The number of imide groups is 1. The van der Waals surface area contributed by atoms with Crippen molar-refractivity contribution in [2.24, 2.45) is 0 Å². The maximum Gasteiger partial charge on any atom is 0.261 e. The van der Waals surface area contributed by atoms with Gasteiger partial charge < -0.3 is 5.32 Å². The second-order valence-corrected chi connectivity index (χ2v) is 6.78.